The van der Waals surface area contributed by atoms with Gasteiger partial charge >= 0.3 is 0 Å². The molecule has 0 amide bonds. The summed E-state index contributed by atoms with van der Waals surface area (Å²) in [6, 6.07) is 4.42. The lowest BCUT2D eigenvalue weighted by Gasteiger charge is -2.09. The number of nitrogen functional groups attached to an aromatic ring is 1. The monoisotopic (exact) mass is 267 g/mol. The van der Waals surface area contributed by atoms with E-state index in [1.807, 2.05) is 6.92 Å². The van der Waals surface area contributed by atoms with Gasteiger partial charge in [-0.15, -0.1) is 0 Å². The zero-order chi connectivity index (χ0) is 13.1. The molecule has 1 heterocycles. The van der Waals surface area contributed by atoms with Crippen molar-refractivity contribution in [1.82, 2.24) is 9.97 Å². The second-order valence-corrected chi connectivity index (χ2v) is 4.03. The number of nitrogens with two attached hydrogens (primary N) is 1. The molecule has 7 heteroatoms. The van der Waals surface area contributed by atoms with E-state index in [1.165, 1.54) is 12.1 Å². The lowest BCUT2D eigenvalue weighted by Crippen LogP contribution is -2.11. The molecule has 0 saturated carbocycles. The highest BCUT2D eigenvalue weighted by Crippen LogP contribution is 2.23. The number of hydrazine groups is 1. The van der Waals surface area contributed by atoms with Gasteiger partial charge in [0, 0.05) is 17.4 Å². The first-order chi connectivity index (χ1) is 8.60. The van der Waals surface area contributed by atoms with Crippen LogP contribution in [0.3, 0.4) is 0 Å². The molecule has 0 fully saturated rings. The van der Waals surface area contributed by atoms with E-state index < -0.39 is 5.82 Å². The molecule has 0 atom stereocenters. The second-order valence-electron chi connectivity index (χ2n) is 3.62. The molecule has 2 rings (SSSR count). The van der Waals surface area contributed by atoms with Crippen LogP contribution < -0.4 is 16.6 Å². The molecule has 0 unspecified atom stereocenters. The number of anilines is 3. The van der Waals surface area contributed by atoms with Crippen LogP contribution in [0, 0.1) is 12.7 Å². The first-order valence-electron chi connectivity index (χ1n) is 5.12. The van der Waals surface area contributed by atoms with Crippen molar-refractivity contribution in [2.75, 3.05) is 10.7 Å². The SMILES string of the molecule is Cc1cnc(NN)nc1Nc1ccc(Cl)c(F)c1. The Hall–Kier alpha value is -1.92. The summed E-state index contributed by atoms with van der Waals surface area (Å²) in [5, 5.41) is 3.04. The van der Waals surface area contributed by atoms with Gasteiger partial charge in [-0.3, -0.25) is 5.43 Å². The van der Waals surface area contributed by atoms with Gasteiger partial charge < -0.3 is 5.32 Å². The summed E-state index contributed by atoms with van der Waals surface area (Å²) in [4.78, 5) is 8.07. The molecule has 0 saturated heterocycles. The van der Waals surface area contributed by atoms with E-state index in [2.05, 4.69) is 20.7 Å². The van der Waals surface area contributed by atoms with Crippen molar-refractivity contribution in [3.63, 3.8) is 0 Å². The lowest BCUT2D eigenvalue weighted by atomic mass is 10.3. The highest BCUT2D eigenvalue weighted by molar-refractivity contribution is 6.30. The van der Waals surface area contributed by atoms with Crippen molar-refractivity contribution in [3.8, 4) is 0 Å². The van der Waals surface area contributed by atoms with Crippen molar-refractivity contribution in [3.05, 3.63) is 40.8 Å². The Morgan fingerprint density at radius 2 is 2.17 bits per heavy atom. The maximum absolute atomic E-state index is 13.3. The third kappa shape index (κ3) is 2.66. The average molecular weight is 268 g/mol. The van der Waals surface area contributed by atoms with E-state index in [0.717, 1.165) is 5.56 Å². The van der Waals surface area contributed by atoms with E-state index in [0.29, 0.717) is 11.5 Å². The highest BCUT2D eigenvalue weighted by Gasteiger charge is 2.05. The van der Waals surface area contributed by atoms with Gasteiger partial charge in [0.1, 0.15) is 11.6 Å². The van der Waals surface area contributed by atoms with Crippen LogP contribution in [0.15, 0.2) is 24.4 Å². The molecule has 2 aromatic rings. The molecule has 0 aliphatic carbocycles. The third-order valence-corrected chi connectivity index (χ3v) is 2.59. The van der Waals surface area contributed by atoms with Crippen LogP contribution in [0.5, 0.6) is 0 Å². The fourth-order valence-corrected chi connectivity index (χ4v) is 1.47. The molecule has 0 spiro atoms. The molecule has 0 radical (unpaired) electrons. The van der Waals surface area contributed by atoms with Crippen LogP contribution in [-0.2, 0) is 0 Å². The molecule has 1 aromatic carbocycles. The standard InChI is InChI=1S/C11H11ClFN5/c1-6-5-15-11(18-14)17-10(6)16-7-2-3-8(12)9(13)4-7/h2-5H,14H2,1H3,(H2,15,16,17,18). The maximum Gasteiger partial charge on any atom is 0.239 e. The number of halogens is 2. The number of hydrogen-bond donors (Lipinski definition) is 3. The number of rotatable bonds is 3. The quantitative estimate of drug-likeness (QED) is 0.589. The van der Waals surface area contributed by atoms with Gasteiger partial charge in [0.15, 0.2) is 0 Å². The Morgan fingerprint density at radius 1 is 1.39 bits per heavy atom. The van der Waals surface area contributed by atoms with Gasteiger partial charge in [0.25, 0.3) is 0 Å². The normalized spacial score (nSPS) is 10.2. The Morgan fingerprint density at radius 3 is 2.83 bits per heavy atom. The zero-order valence-corrected chi connectivity index (χ0v) is 10.3. The van der Waals surface area contributed by atoms with Gasteiger partial charge in [-0.2, -0.15) is 4.98 Å². The fourth-order valence-electron chi connectivity index (χ4n) is 1.35. The summed E-state index contributed by atoms with van der Waals surface area (Å²) >= 11 is 5.61. The summed E-state index contributed by atoms with van der Waals surface area (Å²) in [7, 11) is 0. The van der Waals surface area contributed by atoms with Gasteiger partial charge in [-0.05, 0) is 25.1 Å². The molecule has 1 aromatic heterocycles. The number of aryl methyl sites for hydroxylation is 1. The third-order valence-electron chi connectivity index (χ3n) is 2.28. The van der Waals surface area contributed by atoms with Crippen molar-refractivity contribution in [1.29, 1.82) is 0 Å². The van der Waals surface area contributed by atoms with Crippen molar-refractivity contribution >= 4 is 29.1 Å². The zero-order valence-electron chi connectivity index (χ0n) is 9.54. The molecule has 94 valence electrons. The first-order valence-corrected chi connectivity index (χ1v) is 5.50. The summed E-state index contributed by atoms with van der Waals surface area (Å²) in [6.45, 7) is 1.83. The van der Waals surface area contributed by atoms with Crippen molar-refractivity contribution in [2.24, 2.45) is 5.84 Å². The van der Waals surface area contributed by atoms with Crippen LogP contribution in [0.4, 0.5) is 21.8 Å². The van der Waals surface area contributed by atoms with Gasteiger partial charge in [0.05, 0.1) is 5.02 Å². The topological polar surface area (TPSA) is 75.9 Å². The van der Waals surface area contributed by atoms with Crippen LogP contribution in [0.2, 0.25) is 5.02 Å². The molecule has 0 aliphatic rings. The maximum atomic E-state index is 13.3. The Bertz CT molecular complexity index is 575. The van der Waals surface area contributed by atoms with Crippen molar-refractivity contribution in [2.45, 2.75) is 6.92 Å². The predicted octanol–water partition coefficient (Wildman–Crippen LogP) is 2.61. The van der Waals surface area contributed by atoms with Gasteiger partial charge in [0.2, 0.25) is 5.95 Å². The molecular formula is C11H11ClFN5. The summed E-state index contributed by atoms with van der Waals surface area (Å²) < 4.78 is 13.3. The van der Waals surface area contributed by atoms with Crippen molar-refractivity contribution < 1.29 is 4.39 Å². The lowest BCUT2D eigenvalue weighted by molar-refractivity contribution is 0.629. The highest BCUT2D eigenvalue weighted by atomic mass is 35.5. The number of benzene rings is 1. The van der Waals surface area contributed by atoms with Gasteiger partial charge in [-0.25, -0.2) is 15.2 Å². The number of hydrogen-bond acceptors (Lipinski definition) is 5. The number of aromatic nitrogens is 2. The largest absolute Gasteiger partial charge is 0.340 e. The molecule has 4 N–H and O–H groups in total. The fraction of sp³-hybridized carbons (Fsp3) is 0.0909. The van der Waals surface area contributed by atoms with Gasteiger partial charge in [-0.1, -0.05) is 11.6 Å². The minimum atomic E-state index is -0.495. The smallest absolute Gasteiger partial charge is 0.239 e. The Balaban J connectivity index is 2.30. The molecule has 18 heavy (non-hydrogen) atoms. The summed E-state index contributed by atoms with van der Waals surface area (Å²) in [5.41, 5.74) is 3.70. The molecule has 0 aliphatic heterocycles. The molecule has 5 nitrogen and oxygen atoms in total. The van der Waals surface area contributed by atoms with Crippen LogP contribution in [0.1, 0.15) is 5.56 Å². The van der Waals surface area contributed by atoms with E-state index in [-0.39, 0.29) is 11.0 Å². The van der Waals surface area contributed by atoms with E-state index in [4.69, 9.17) is 17.4 Å². The minimum Gasteiger partial charge on any atom is -0.340 e. The number of nitrogens with zero attached hydrogens (tertiary/aromatic N) is 2. The van der Waals surface area contributed by atoms with Crippen LogP contribution in [0.25, 0.3) is 0 Å². The van der Waals surface area contributed by atoms with Crippen LogP contribution in [-0.4, -0.2) is 9.97 Å². The Labute approximate surface area is 108 Å². The summed E-state index contributed by atoms with van der Waals surface area (Å²) in [6.07, 6.45) is 1.61. The Kier molecular flexibility index (Phi) is 3.59. The summed E-state index contributed by atoms with van der Waals surface area (Å²) in [5.74, 6) is 5.55. The minimum absolute atomic E-state index is 0.0734. The van der Waals surface area contributed by atoms with E-state index >= 15 is 0 Å². The average Bonchev–Trinajstić information content (AvgIpc) is 2.36. The van der Waals surface area contributed by atoms with E-state index in [9.17, 15) is 4.39 Å². The molecule has 0 bridgehead atoms. The second kappa shape index (κ2) is 5.16. The number of nitrogens with one attached hydrogen (secondary N) is 2. The van der Waals surface area contributed by atoms with Crippen LogP contribution >= 0.6 is 11.6 Å². The predicted molar refractivity (Wildman–Crippen MR) is 69.3 cm³/mol. The van der Waals surface area contributed by atoms with E-state index in [1.54, 1.807) is 12.3 Å². The molecular weight excluding hydrogens is 257 g/mol. The first kappa shape index (κ1) is 12.5.